The van der Waals surface area contributed by atoms with Crippen LogP contribution in [0.3, 0.4) is 0 Å². The molecule has 0 aliphatic carbocycles. The smallest absolute Gasteiger partial charge is 0.282 e. The molecular weight excluding hydrogens is 462 g/mol. The van der Waals surface area contributed by atoms with E-state index in [0.29, 0.717) is 18.8 Å². The largest absolute Gasteiger partial charge is 0.497 e. The molecule has 2 aromatic heterocycles. The monoisotopic (exact) mass is 493 g/mol. The SMILES string of the molecule is CCCCOCc1c(-c2ccc(OC)cc2)c(=O)n2nc(-c3ccccc3)c(-c3ccccc3)c2n1C. The van der Waals surface area contributed by atoms with Gasteiger partial charge in [-0.1, -0.05) is 86.1 Å². The summed E-state index contributed by atoms with van der Waals surface area (Å²) in [5.74, 6) is 0.735. The maximum Gasteiger partial charge on any atom is 0.282 e. The van der Waals surface area contributed by atoms with E-state index < -0.39 is 0 Å². The van der Waals surface area contributed by atoms with Crippen LogP contribution in [0, 0.1) is 0 Å². The third-order valence-electron chi connectivity index (χ3n) is 6.65. The summed E-state index contributed by atoms with van der Waals surface area (Å²) in [5.41, 5.74) is 6.40. The second-order valence-corrected chi connectivity index (χ2v) is 9.01. The van der Waals surface area contributed by atoms with E-state index in [2.05, 4.69) is 23.6 Å². The van der Waals surface area contributed by atoms with Gasteiger partial charge in [0.25, 0.3) is 5.56 Å². The highest BCUT2D eigenvalue weighted by atomic mass is 16.5. The maximum atomic E-state index is 14.2. The molecule has 0 N–H and O–H groups in total. The Kier molecular flexibility index (Phi) is 7.19. The van der Waals surface area contributed by atoms with Crippen molar-refractivity contribution in [3.8, 4) is 39.3 Å². The summed E-state index contributed by atoms with van der Waals surface area (Å²) in [5, 5.41) is 4.91. The molecule has 0 aliphatic rings. The predicted octanol–water partition coefficient (Wildman–Crippen LogP) is 6.36. The fourth-order valence-corrected chi connectivity index (χ4v) is 4.69. The van der Waals surface area contributed by atoms with Crippen molar-refractivity contribution in [1.29, 1.82) is 0 Å². The van der Waals surface area contributed by atoms with E-state index in [9.17, 15) is 4.79 Å². The number of ether oxygens (including phenoxy) is 2. The molecular formula is C31H31N3O3. The molecule has 0 radical (unpaired) electrons. The summed E-state index contributed by atoms with van der Waals surface area (Å²) in [6.45, 7) is 3.10. The topological polar surface area (TPSA) is 57.8 Å². The minimum Gasteiger partial charge on any atom is -0.497 e. The molecule has 0 fully saturated rings. The van der Waals surface area contributed by atoms with Crippen molar-refractivity contribution in [3.05, 3.63) is 101 Å². The number of aryl methyl sites for hydroxylation is 1. The number of hydrogen-bond acceptors (Lipinski definition) is 4. The van der Waals surface area contributed by atoms with Gasteiger partial charge in [0, 0.05) is 19.2 Å². The van der Waals surface area contributed by atoms with Crippen molar-refractivity contribution in [2.75, 3.05) is 13.7 Å². The number of fused-ring (bicyclic) bond motifs is 1. The summed E-state index contributed by atoms with van der Waals surface area (Å²) in [4.78, 5) is 14.2. The van der Waals surface area contributed by atoms with Crippen molar-refractivity contribution in [2.45, 2.75) is 26.4 Å². The average molecular weight is 494 g/mol. The fourth-order valence-electron chi connectivity index (χ4n) is 4.69. The molecule has 0 unspecified atom stereocenters. The first-order chi connectivity index (χ1) is 18.1. The highest BCUT2D eigenvalue weighted by Gasteiger charge is 2.25. The van der Waals surface area contributed by atoms with Gasteiger partial charge >= 0.3 is 0 Å². The second kappa shape index (κ2) is 10.8. The standard InChI is InChI=1S/C31H31N3O3/c1-4-5-20-37-21-26-27(23-16-18-25(36-3)19-17-23)31(35)34-30(33(26)2)28(22-12-8-6-9-13-22)29(32-34)24-14-10-7-11-15-24/h6-19H,4-5,20-21H2,1-3H3. The average Bonchev–Trinajstić information content (AvgIpc) is 3.36. The Bertz CT molecular complexity index is 1550. The van der Waals surface area contributed by atoms with Crippen LogP contribution in [0.5, 0.6) is 5.75 Å². The van der Waals surface area contributed by atoms with Gasteiger partial charge < -0.3 is 14.0 Å². The first-order valence-corrected chi connectivity index (χ1v) is 12.6. The van der Waals surface area contributed by atoms with Crippen LogP contribution < -0.4 is 10.3 Å². The van der Waals surface area contributed by atoms with Gasteiger partial charge in [0.2, 0.25) is 0 Å². The third-order valence-corrected chi connectivity index (χ3v) is 6.65. The van der Waals surface area contributed by atoms with E-state index in [0.717, 1.165) is 57.9 Å². The number of hydrogen-bond donors (Lipinski definition) is 0. The minimum absolute atomic E-state index is 0.174. The van der Waals surface area contributed by atoms with Crippen LogP contribution in [-0.2, 0) is 18.4 Å². The van der Waals surface area contributed by atoms with Crippen LogP contribution in [0.1, 0.15) is 25.5 Å². The molecule has 0 saturated carbocycles. The summed E-state index contributed by atoms with van der Waals surface area (Å²) >= 11 is 0. The Morgan fingerprint density at radius 1 is 0.811 bits per heavy atom. The Labute approximate surface area is 216 Å². The van der Waals surface area contributed by atoms with Gasteiger partial charge in [-0.3, -0.25) is 4.79 Å². The van der Waals surface area contributed by atoms with Crippen LogP contribution in [0.15, 0.2) is 89.7 Å². The maximum absolute atomic E-state index is 14.2. The quantitative estimate of drug-likeness (QED) is 0.224. The zero-order valence-corrected chi connectivity index (χ0v) is 21.5. The Morgan fingerprint density at radius 3 is 2.05 bits per heavy atom. The Hall–Kier alpha value is -4.16. The Balaban J connectivity index is 1.83. The first kappa shape index (κ1) is 24.5. The molecule has 37 heavy (non-hydrogen) atoms. The van der Waals surface area contributed by atoms with Crippen molar-refractivity contribution in [2.24, 2.45) is 7.05 Å². The lowest BCUT2D eigenvalue weighted by atomic mass is 10.0. The van der Waals surface area contributed by atoms with Crippen LogP contribution in [0.25, 0.3) is 39.2 Å². The van der Waals surface area contributed by atoms with Crippen molar-refractivity contribution < 1.29 is 9.47 Å². The van der Waals surface area contributed by atoms with Gasteiger partial charge in [0.05, 0.1) is 30.5 Å². The van der Waals surface area contributed by atoms with E-state index in [4.69, 9.17) is 14.6 Å². The van der Waals surface area contributed by atoms with Gasteiger partial charge in [-0.15, -0.1) is 0 Å². The number of methoxy groups -OCH3 is 1. The zero-order valence-electron chi connectivity index (χ0n) is 21.5. The van der Waals surface area contributed by atoms with E-state index in [-0.39, 0.29) is 5.56 Å². The molecule has 2 heterocycles. The predicted molar refractivity (Wildman–Crippen MR) is 148 cm³/mol. The molecule has 0 spiro atoms. The molecule has 0 bridgehead atoms. The number of rotatable bonds is 9. The second-order valence-electron chi connectivity index (χ2n) is 9.01. The molecule has 0 amide bonds. The molecule has 0 atom stereocenters. The van der Waals surface area contributed by atoms with Crippen LogP contribution in [-0.4, -0.2) is 27.9 Å². The molecule has 5 aromatic rings. The summed E-state index contributed by atoms with van der Waals surface area (Å²) in [7, 11) is 3.62. The summed E-state index contributed by atoms with van der Waals surface area (Å²) < 4.78 is 15.0. The van der Waals surface area contributed by atoms with Crippen LogP contribution in [0.2, 0.25) is 0 Å². The van der Waals surface area contributed by atoms with Gasteiger partial charge in [0.1, 0.15) is 17.1 Å². The Morgan fingerprint density at radius 2 is 1.43 bits per heavy atom. The molecule has 5 rings (SSSR count). The molecule has 3 aromatic carbocycles. The third kappa shape index (κ3) is 4.68. The lowest BCUT2D eigenvalue weighted by Crippen LogP contribution is -2.24. The first-order valence-electron chi connectivity index (χ1n) is 12.6. The molecule has 188 valence electrons. The molecule has 6 heteroatoms. The number of aromatic nitrogens is 3. The molecule has 6 nitrogen and oxygen atoms in total. The highest BCUT2D eigenvalue weighted by molar-refractivity contribution is 5.91. The van der Waals surface area contributed by atoms with E-state index in [1.807, 2.05) is 79.8 Å². The van der Waals surface area contributed by atoms with Gasteiger partial charge in [-0.2, -0.15) is 9.61 Å². The van der Waals surface area contributed by atoms with Gasteiger partial charge in [0.15, 0.2) is 0 Å². The summed E-state index contributed by atoms with van der Waals surface area (Å²) in [6, 6.07) is 27.7. The van der Waals surface area contributed by atoms with Gasteiger partial charge in [-0.25, -0.2) is 0 Å². The fraction of sp³-hybridized carbons (Fsp3) is 0.226. The highest BCUT2D eigenvalue weighted by Crippen LogP contribution is 2.36. The van der Waals surface area contributed by atoms with Crippen molar-refractivity contribution in [3.63, 3.8) is 0 Å². The molecule has 0 aliphatic heterocycles. The zero-order chi connectivity index (χ0) is 25.8. The van der Waals surface area contributed by atoms with E-state index in [1.54, 1.807) is 11.6 Å². The lowest BCUT2D eigenvalue weighted by molar-refractivity contribution is 0.114. The minimum atomic E-state index is -0.174. The van der Waals surface area contributed by atoms with E-state index in [1.165, 1.54) is 0 Å². The van der Waals surface area contributed by atoms with Crippen molar-refractivity contribution in [1.82, 2.24) is 14.2 Å². The number of nitrogens with zero attached hydrogens (tertiary/aromatic N) is 3. The van der Waals surface area contributed by atoms with Crippen molar-refractivity contribution >= 4 is 5.65 Å². The van der Waals surface area contributed by atoms with Crippen LogP contribution >= 0.6 is 0 Å². The van der Waals surface area contributed by atoms with Crippen LogP contribution in [0.4, 0.5) is 0 Å². The number of benzene rings is 3. The van der Waals surface area contributed by atoms with Gasteiger partial charge in [-0.05, 0) is 29.7 Å². The molecule has 0 saturated heterocycles. The van der Waals surface area contributed by atoms with E-state index >= 15 is 0 Å². The summed E-state index contributed by atoms with van der Waals surface area (Å²) in [6.07, 6.45) is 2.01. The number of unbranched alkanes of at least 4 members (excludes halogenated alkanes) is 1. The lowest BCUT2D eigenvalue weighted by Gasteiger charge is -2.17. The normalized spacial score (nSPS) is 11.2.